The fraction of sp³-hybridized carbons (Fsp3) is 0.727. The average molecular weight is 210 g/mol. The Kier molecular flexibility index (Phi) is 4.78. The van der Waals surface area contributed by atoms with E-state index in [0.29, 0.717) is 5.92 Å². The summed E-state index contributed by atoms with van der Waals surface area (Å²) >= 11 is 0. The van der Waals surface area contributed by atoms with E-state index in [4.69, 9.17) is 0 Å². The van der Waals surface area contributed by atoms with Gasteiger partial charge in [0.15, 0.2) is 0 Å². The Morgan fingerprint density at radius 2 is 2.33 bits per heavy atom. The molecule has 1 aromatic heterocycles. The molecule has 0 bridgehead atoms. The molecule has 0 amide bonds. The van der Waals surface area contributed by atoms with Crippen molar-refractivity contribution in [3.63, 3.8) is 0 Å². The third-order valence-corrected chi connectivity index (χ3v) is 2.51. The Morgan fingerprint density at radius 3 is 2.87 bits per heavy atom. The molecule has 0 saturated heterocycles. The second-order valence-corrected chi connectivity index (χ2v) is 4.31. The first-order valence-electron chi connectivity index (χ1n) is 5.42. The number of imidazole rings is 1. The van der Waals surface area contributed by atoms with Crippen LogP contribution in [-0.2, 0) is 13.6 Å². The molecule has 0 fully saturated rings. The van der Waals surface area contributed by atoms with Crippen LogP contribution < -0.4 is 5.32 Å². The lowest BCUT2D eigenvalue weighted by Crippen LogP contribution is -2.30. The number of aromatic nitrogens is 2. The maximum Gasteiger partial charge on any atom is 0.122 e. The minimum atomic E-state index is 0.667. The second kappa shape index (κ2) is 5.88. The van der Waals surface area contributed by atoms with Gasteiger partial charge in [-0.2, -0.15) is 0 Å². The smallest absolute Gasteiger partial charge is 0.122 e. The molecule has 0 aliphatic rings. The van der Waals surface area contributed by atoms with Gasteiger partial charge < -0.3 is 9.88 Å². The molecule has 0 aliphatic carbocycles. The van der Waals surface area contributed by atoms with Crippen LogP contribution in [-0.4, -0.2) is 41.6 Å². The molecule has 15 heavy (non-hydrogen) atoms. The van der Waals surface area contributed by atoms with Gasteiger partial charge in [-0.3, -0.25) is 4.90 Å². The zero-order valence-electron chi connectivity index (χ0n) is 10.2. The zero-order chi connectivity index (χ0) is 11.3. The summed E-state index contributed by atoms with van der Waals surface area (Å²) in [5.41, 5.74) is 0. The quantitative estimate of drug-likeness (QED) is 0.750. The van der Waals surface area contributed by atoms with E-state index in [0.717, 1.165) is 25.5 Å². The average Bonchev–Trinajstić information content (AvgIpc) is 2.52. The SMILES string of the molecule is CNCC(C)CN(C)Cc1nccn1C. The fourth-order valence-corrected chi connectivity index (χ4v) is 1.80. The zero-order valence-corrected chi connectivity index (χ0v) is 10.2. The van der Waals surface area contributed by atoms with Crippen molar-refractivity contribution in [1.82, 2.24) is 19.8 Å². The van der Waals surface area contributed by atoms with Gasteiger partial charge in [0.1, 0.15) is 5.82 Å². The monoisotopic (exact) mass is 210 g/mol. The summed E-state index contributed by atoms with van der Waals surface area (Å²) in [7, 11) is 6.17. The topological polar surface area (TPSA) is 33.1 Å². The van der Waals surface area contributed by atoms with Gasteiger partial charge >= 0.3 is 0 Å². The van der Waals surface area contributed by atoms with Crippen molar-refractivity contribution in [2.75, 3.05) is 27.2 Å². The number of aryl methyl sites for hydroxylation is 1. The normalized spacial score (nSPS) is 13.4. The largest absolute Gasteiger partial charge is 0.337 e. The summed E-state index contributed by atoms with van der Waals surface area (Å²) in [4.78, 5) is 6.62. The molecule has 4 nitrogen and oxygen atoms in total. The Bertz CT molecular complexity index is 282. The van der Waals surface area contributed by atoms with Gasteiger partial charge in [0.25, 0.3) is 0 Å². The second-order valence-electron chi connectivity index (χ2n) is 4.31. The first kappa shape index (κ1) is 12.2. The van der Waals surface area contributed by atoms with E-state index >= 15 is 0 Å². The number of nitrogens with zero attached hydrogens (tertiary/aromatic N) is 3. The van der Waals surface area contributed by atoms with Crippen molar-refractivity contribution in [3.8, 4) is 0 Å². The fourth-order valence-electron chi connectivity index (χ4n) is 1.80. The molecule has 1 unspecified atom stereocenters. The molecule has 0 aromatic carbocycles. The van der Waals surface area contributed by atoms with Gasteiger partial charge in [-0.25, -0.2) is 4.98 Å². The maximum absolute atomic E-state index is 4.31. The first-order valence-corrected chi connectivity index (χ1v) is 5.42. The predicted molar refractivity (Wildman–Crippen MR) is 62.6 cm³/mol. The van der Waals surface area contributed by atoms with Crippen LogP contribution in [0.4, 0.5) is 0 Å². The van der Waals surface area contributed by atoms with Crippen LogP contribution in [0.15, 0.2) is 12.4 Å². The minimum absolute atomic E-state index is 0.667. The van der Waals surface area contributed by atoms with E-state index in [9.17, 15) is 0 Å². The summed E-state index contributed by atoms with van der Waals surface area (Å²) in [6.07, 6.45) is 3.83. The number of nitrogens with one attached hydrogen (secondary N) is 1. The predicted octanol–water partition coefficient (Wildman–Crippen LogP) is 0.707. The summed E-state index contributed by atoms with van der Waals surface area (Å²) in [6, 6.07) is 0. The van der Waals surface area contributed by atoms with E-state index in [1.807, 2.05) is 26.5 Å². The minimum Gasteiger partial charge on any atom is -0.337 e. The summed E-state index contributed by atoms with van der Waals surface area (Å²) in [5, 5.41) is 3.20. The molecular weight excluding hydrogens is 188 g/mol. The molecule has 1 atom stereocenters. The van der Waals surface area contributed by atoms with Gasteiger partial charge in [-0.1, -0.05) is 6.92 Å². The van der Waals surface area contributed by atoms with Gasteiger partial charge in [-0.05, 0) is 26.6 Å². The molecule has 86 valence electrons. The van der Waals surface area contributed by atoms with Gasteiger partial charge in [0.05, 0.1) is 6.54 Å². The van der Waals surface area contributed by atoms with E-state index in [2.05, 4.69) is 33.7 Å². The Morgan fingerprint density at radius 1 is 1.60 bits per heavy atom. The number of hydrogen-bond acceptors (Lipinski definition) is 3. The van der Waals surface area contributed by atoms with Gasteiger partial charge in [0.2, 0.25) is 0 Å². The van der Waals surface area contributed by atoms with Crippen LogP contribution in [0.3, 0.4) is 0 Å². The molecule has 0 aliphatic heterocycles. The van der Waals surface area contributed by atoms with Crippen LogP contribution >= 0.6 is 0 Å². The van der Waals surface area contributed by atoms with Crippen LogP contribution in [0.2, 0.25) is 0 Å². The van der Waals surface area contributed by atoms with E-state index in [-0.39, 0.29) is 0 Å². The molecule has 0 saturated carbocycles. The molecule has 0 radical (unpaired) electrons. The van der Waals surface area contributed by atoms with E-state index in [1.165, 1.54) is 0 Å². The highest BCUT2D eigenvalue weighted by Gasteiger charge is 2.08. The third kappa shape index (κ3) is 4.01. The highest BCUT2D eigenvalue weighted by atomic mass is 15.2. The molecule has 1 aromatic rings. The molecule has 4 heteroatoms. The molecular formula is C11H22N4. The number of rotatable bonds is 6. The lowest BCUT2D eigenvalue weighted by molar-refractivity contribution is 0.268. The van der Waals surface area contributed by atoms with E-state index in [1.54, 1.807) is 0 Å². The van der Waals surface area contributed by atoms with Gasteiger partial charge in [0, 0.05) is 26.0 Å². The summed E-state index contributed by atoms with van der Waals surface area (Å²) in [6.45, 7) is 5.32. The van der Waals surface area contributed by atoms with Crippen molar-refractivity contribution in [2.45, 2.75) is 13.5 Å². The molecule has 1 heterocycles. The summed E-state index contributed by atoms with van der Waals surface area (Å²) in [5.74, 6) is 1.79. The molecule has 0 spiro atoms. The van der Waals surface area contributed by atoms with Crippen molar-refractivity contribution in [1.29, 1.82) is 0 Å². The van der Waals surface area contributed by atoms with Crippen molar-refractivity contribution in [2.24, 2.45) is 13.0 Å². The van der Waals surface area contributed by atoms with E-state index < -0.39 is 0 Å². The lowest BCUT2D eigenvalue weighted by Gasteiger charge is -2.20. The Hall–Kier alpha value is -0.870. The van der Waals surface area contributed by atoms with Crippen LogP contribution in [0.5, 0.6) is 0 Å². The molecule has 1 rings (SSSR count). The molecule has 1 N–H and O–H groups in total. The highest BCUT2D eigenvalue weighted by molar-refractivity contribution is 4.90. The Balaban J connectivity index is 2.36. The number of hydrogen-bond donors (Lipinski definition) is 1. The van der Waals surface area contributed by atoms with Crippen LogP contribution in [0.1, 0.15) is 12.7 Å². The van der Waals surface area contributed by atoms with Crippen LogP contribution in [0.25, 0.3) is 0 Å². The first-order chi connectivity index (χ1) is 7.13. The highest BCUT2D eigenvalue weighted by Crippen LogP contribution is 2.02. The van der Waals surface area contributed by atoms with Crippen molar-refractivity contribution >= 4 is 0 Å². The Labute approximate surface area is 92.3 Å². The van der Waals surface area contributed by atoms with Gasteiger partial charge in [-0.15, -0.1) is 0 Å². The van der Waals surface area contributed by atoms with Crippen molar-refractivity contribution < 1.29 is 0 Å². The maximum atomic E-state index is 4.31. The van der Waals surface area contributed by atoms with Crippen LogP contribution in [0, 0.1) is 5.92 Å². The standard InChI is InChI=1S/C11H22N4/c1-10(7-12-2)8-14(3)9-11-13-5-6-15(11)4/h5-6,10,12H,7-9H2,1-4H3. The summed E-state index contributed by atoms with van der Waals surface area (Å²) < 4.78 is 2.07. The van der Waals surface area contributed by atoms with Crippen molar-refractivity contribution in [3.05, 3.63) is 18.2 Å². The third-order valence-electron chi connectivity index (χ3n) is 2.51. The lowest BCUT2D eigenvalue weighted by atomic mass is 10.1.